The Kier molecular flexibility index (Phi) is 4.59. The molecule has 0 aliphatic rings. The highest BCUT2D eigenvalue weighted by molar-refractivity contribution is 6.35. The van der Waals surface area contributed by atoms with Crippen molar-refractivity contribution in [2.24, 2.45) is 7.05 Å². The number of hydrogen-bond donors (Lipinski definition) is 0. The molecule has 0 spiro atoms. The van der Waals surface area contributed by atoms with Crippen LogP contribution in [-0.2, 0) is 18.4 Å². The quantitative estimate of drug-likeness (QED) is 0.455. The van der Waals surface area contributed by atoms with E-state index in [-0.39, 0.29) is 6.61 Å². The highest BCUT2D eigenvalue weighted by Gasteiger charge is 2.14. The highest BCUT2D eigenvalue weighted by atomic mass is 35.5. The molecular formula is C19H13Cl2N3O3. The minimum atomic E-state index is -0.457. The zero-order valence-corrected chi connectivity index (χ0v) is 15.7. The fourth-order valence-corrected chi connectivity index (χ4v) is 3.14. The van der Waals surface area contributed by atoms with Crippen molar-refractivity contribution in [2.75, 3.05) is 0 Å². The maximum Gasteiger partial charge on any atom is 0.338 e. The maximum absolute atomic E-state index is 12.3. The van der Waals surface area contributed by atoms with E-state index < -0.39 is 5.97 Å². The minimum absolute atomic E-state index is 0.135. The minimum Gasteiger partial charge on any atom is -0.456 e. The van der Waals surface area contributed by atoms with Crippen LogP contribution in [0.25, 0.3) is 22.6 Å². The Balaban J connectivity index is 1.58. The molecule has 0 fully saturated rings. The van der Waals surface area contributed by atoms with Gasteiger partial charge in [-0.05, 0) is 42.5 Å². The van der Waals surface area contributed by atoms with Crippen molar-refractivity contribution in [3.05, 3.63) is 70.0 Å². The number of oxazole rings is 1. The molecule has 8 heteroatoms. The van der Waals surface area contributed by atoms with Gasteiger partial charge in [0, 0.05) is 28.9 Å². The van der Waals surface area contributed by atoms with Gasteiger partial charge in [0.05, 0.1) is 11.3 Å². The summed E-state index contributed by atoms with van der Waals surface area (Å²) in [5.74, 6) is -0.0864. The van der Waals surface area contributed by atoms with Gasteiger partial charge in [0.15, 0.2) is 5.58 Å². The van der Waals surface area contributed by atoms with E-state index in [1.165, 1.54) is 0 Å². The molecule has 4 aromatic rings. The second kappa shape index (κ2) is 7.06. The molecular weight excluding hydrogens is 389 g/mol. The summed E-state index contributed by atoms with van der Waals surface area (Å²) in [7, 11) is 1.79. The molecule has 0 aliphatic carbocycles. The Morgan fingerprint density at radius 1 is 1.15 bits per heavy atom. The van der Waals surface area contributed by atoms with Crippen LogP contribution in [0.3, 0.4) is 0 Å². The van der Waals surface area contributed by atoms with Crippen LogP contribution in [-0.4, -0.2) is 20.7 Å². The lowest BCUT2D eigenvalue weighted by Gasteiger charge is -2.04. The van der Waals surface area contributed by atoms with Gasteiger partial charge in [0.25, 0.3) is 0 Å². The van der Waals surface area contributed by atoms with E-state index in [0.717, 1.165) is 5.69 Å². The van der Waals surface area contributed by atoms with Gasteiger partial charge in [-0.2, -0.15) is 5.10 Å². The van der Waals surface area contributed by atoms with Crippen molar-refractivity contribution >= 4 is 40.3 Å². The number of esters is 1. The van der Waals surface area contributed by atoms with Gasteiger partial charge in [0.2, 0.25) is 5.89 Å². The molecule has 2 aromatic carbocycles. The Hall–Kier alpha value is -2.83. The molecule has 0 bridgehead atoms. The van der Waals surface area contributed by atoms with Crippen LogP contribution in [0.5, 0.6) is 0 Å². The third-order valence-corrected chi connectivity index (χ3v) is 4.44. The molecule has 136 valence electrons. The summed E-state index contributed by atoms with van der Waals surface area (Å²) < 4.78 is 12.8. The van der Waals surface area contributed by atoms with Crippen LogP contribution in [0.1, 0.15) is 16.1 Å². The van der Waals surface area contributed by atoms with E-state index in [0.29, 0.717) is 38.2 Å². The molecule has 0 saturated carbocycles. The van der Waals surface area contributed by atoms with E-state index in [1.807, 2.05) is 0 Å². The Bertz CT molecular complexity index is 1130. The van der Waals surface area contributed by atoms with Crippen LogP contribution < -0.4 is 0 Å². The van der Waals surface area contributed by atoms with Crippen LogP contribution >= 0.6 is 23.2 Å². The molecule has 2 aromatic heterocycles. The lowest BCUT2D eigenvalue weighted by atomic mass is 10.2. The van der Waals surface area contributed by atoms with Crippen molar-refractivity contribution in [3.8, 4) is 11.5 Å². The van der Waals surface area contributed by atoms with Crippen molar-refractivity contribution < 1.29 is 13.9 Å². The SMILES string of the molecule is Cn1nccc1COC(=O)c1ccc2nc(-c3cc(Cl)cc(Cl)c3)oc2c1. The first-order valence-electron chi connectivity index (χ1n) is 8.01. The summed E-state index contributed by atoms with van der Waals surface area (Å²) in [6.45, 7) is 0.135. The average molecular weight is 402 g/mol. The van der Waals surface area contributed by atoms with Crippen LogP contribution in [0, 0.1) is 0 Å². The van der Waals surface area contributed by atoms with Gasteiger partial charge < -0.3 is 9.15 Å². The van der Waals surface area contributed by atoms with E-state index in [4.69, 9.17) is 32.4 Å². The molecule has 6 nitrogen and oxygen atoms in total. The Morgan fingerprint density at radius 2 is 1.93 bits per heavy atom. The smallest absolute Gasteiger partial charge is 0.338 e. The molecule has 2 heterocycles. The number of halogens is 2. The van der Waals surface area contributed by atoms with Gasteiger partial charge >= 0.3 is 5.97 Å². The summed E-state index contributed by atoms with van der Waals surface area (Å²) in [6.07, 6.45) is 1.65. The van der Waals surface area contributed by atoms with Gasteiger partial charge in [-0.15, -0.1) is 0 Å². The average Bonchev–Trinajstić information content (AvgIpc) is 3.24. The predicted octanol–water partition coefficient (Wildman–Crippen LogP) is 4.89. The number of carbonyl (C=O) groups excluding carboxylic acids is 1. The monoisotopic (exact) mass is 401 g/mol. The molecule has 0 radical (unpaired) electrons. The van der Waals surface area contributed by atoms with Crippen molar-refractivity contribution in [3.63, 3.8) is 0 Å². The number of aromatic nitrogens is 3. The number of aryl methyl sites for hydroxylation is 1. The topological polar surface area (TPSA) is 70.2 Å². The number of nitrogens with zero attached hydrogens (tertiary/aromatic N) is 3. The summed E-state index contributed by atoms with van der Waals surface area (Å²) in [5.41, 5.74) is 2.91. The summed E-state index contributed by atoms with van der Waals surface area (Å²) >= 11 is 12.1. The molecule has 0 atom stereocenters. The van der Waals surface area contributed by atoms with Crippen LogP contribution in [0.15, 0.2) is 53.1 Å². The molecule has 4 rings (SSSR count). The molecule has 0 unspecified atom stereocenters. The number of carbonyl (C=O) groups is 1. The van der Waals surface area contributed by atoms with Crippen LogP contribution in [0.2, 0.25) is 10.0 Å². The first-order valence-corrected chi connectivity index (χ1v) is 8.76. The fourth-order valence-electron chi connectivity index (χ4n) is 2.62. The van der Waals surface area contributed by atoms with E-state index in [2.05, 4.69) is 10.1 Å². The molecule has 0 saturated heterocycles. The summed E-state index contributed by atoms with van der Waals surface area (Å²) in [6, 6.07) is 11.8. The third kappa shape index (κ3) is 3.67. The second-order valence-corrected chi connectivity index (χ2v) is 6.75. The third-order valence-electron chi connectivity index (χ3n) is 4.01. The van der Waals surface area contributed by atoms with Gasteiger partial charge in [-0.1, -0.05) is 23.2 Å². The fraction of sp³-hybridized carbons (Fsp3) is 0.105. The predicted molar refractivity (Wildman–Crippen MR) is 102 cm³/mol. The normalized spacial score (nSPS) is 11.1. The number of fused-ring (bicyclic) bond motifs is 1. The standard InChI is InChI=1S/C19H13Cl2N3O3/c1-24-15(4-5-22-24)10-26-19(25)11-2-3-16-17(8-11)27-18(23-16)12-6-13(20)9-14(21)7-12/h2-9H,10H2,1H3. The van der Waals surface area contributed by atoms with E-state index >= 15 is 0 Å². The van der Waals surface area contributed by atoms with Gasteiger partial charge in [-0.25, -0.2) is 9.78 Å². The Labute approximate surface area is 164 Å². The first-order chi connectivity index (χ1) is 13.0. The molecule has 0 amide bonds. The maximum atomic E-state index is 12.3. The number of benzene rings is 2. The van der Waals surface area contributed by atoms with Crippen LogP contribution in [0.4, 0.5) is 0 Å². The summed E-state index contributed by atoms with van der Waals surface area (Å²) in [5, 5.41) is 5.01. The van der Waals surface area contributed by atoms with Gasteiger partial charge in [0.1, 0.15) is 12.1 Å². The molecule has 0 aliphatic heterocycles. The van der Waals surface area contributed by atoms with Crippen molar-refractivity contribution in [1.82, 2.24) is 14.8 Å². The molecule has 0 N–H and O–H groups in total. The largest absolute Gasteiger partial charge is 0.456 e. The van der Waals surface area contributed by atoms with E-state index in [9.17, 15) is 4.79 Å². The van der Waals surface area contributed by atoms with Crippen molar-refractivity contribution in [1.29, 1.82) is 0 Å². The van der Waals surface area contributed by atoms with Crippen molar-refractivity contribution in [2.45, 2.75) is 6.61 Å². The lowest BCUT2D eigenvalue weighted by molar-refractivity contribution is 0.0463. The number of ether oxygens (including phenoxy) is 1. The zero-order chi connectivity index (χ0) is 19.0. The number of hydrogen-bond acceptors (Lipinski definition) is 5. The lowest BCUT2D eigenvalue weighted by Crippen LogP contribution is -2.07. The molecule has 27 heavy (non-hydrogen) atoms. The summed E-state index contributed by atoms with van der Waals surface area (Å²) in [4.78, 5) is 16.7. The Morgan fingerprint density at radius 3 is 2.63 bits per heavy atom. The van der Waals surface area contributed by atoms with E-state index in [1.54, 1.807) is 60.4 Å². The van der Waals surface area contributed by atoms with Gasteiger partial charge in [-0.3, -0.25) is 4.68 Å². The number of rotatable bonds is 4. The first kappa shape index (κ1) is 17.6. The second-order valence-electron chi connectivity index (χ2n) is 5.88. The zero-order valence-electron chi connectivity index (χ0n) is 14.1. The highest BCUT2D eigenvalue weighted by Crippen LogP contribution is 2.29.